The summed E-state index contributed by atoms with van der Waals surface area (Å²) < 4.78 is 5.02. The molecular weight excluding hydrogens is 356 g/mol. The Hall–Kier alpha value is -2.12. The molecule has 0 atom stereocenters. The molecule has 5 nitrogen and oxygen atoms in total. The number of thioether (sulfide) groups is 1. The van der Waals surface area contributed by atoms with Gasteiger partial charge in [-0.15, -0.1) is 11.3 Å². The van der Waals surface area contributed by atoms with Gasteiger partial charge in [0.25, 0.3) is 5.56 Å². The molecule has 0 aliphatic heterocycles. The summed E-state index contributed by atoms with van der Waals surface area (Å²) in [7, 11) is 0. The smallest absolute Gasteiger partial charge is 0.338 e. The lowest BCUT2D eigenvalue weighted by Gasteiger charge is -2.05. The summed E-state index contributed by atoms with van der Waals surface area (Å²) in [6.45, 7) is 6.07. The van der Waals surface area contributed by atoms with Gasteiger partial charge in [0, 0.05) is 10.6 Å². The second-order valence-corrected chi connectivity index (χ2v) is 7.71. The Labute approximate surface area is 153 Å². The highest BCUT2D eigenvalue weighted by Gasteiger charge is 2.12. The van der Waals surface area contributed by atoms with Crippen molar-refractivity contribution in [1.82, 2.24) is 9.97 Å². The first-order chi connectivity index (χ1) is 12.0. The van der Waals surface area contributed by atoms with Crippen LogP contribution in [-0.2, 0) is 10.5 Å². The lowest BCUT2D eigenvalue weighted by Crippen LogP contribution is -2.08. The van der Waals surface area contributed by atoms with Gasteiger partial charge in [-0.25, -0.2) is 9.78 Å². The van der Waals surface area contributed by atoms with Crippen molar-refractivity contribution in [2.45, 2.75) is 31.7 Å². The second kappa shape index (κ2) is 7.41. The summed E-state index contributed by atoms with van der Waals surface area (Å²) in [5, 5.41) is 1.26. The van der Waals surface area contributed by atoms with E-state index in [0.717, 1.165) is 20.8 Å². The fourth-order valence-corrected chi connectivity index (χ4v) is 4.35. The first-order valence-electron chi connectivity index (χ1n) is 7.88. The molecule has 0 amide bonds. The van der Waals surface area contributed by atoms with Gasteiger partial charge in [0.05, 0.1) is 17.6 Å². The Bertz CT molecular complexity index is 992. The number of carbonyl (C=O) groups excluding carboxylic acids is 1. The monoisotopic (exact) mass is 374 g/mol. The maximum absolute atomic E-state index is 12.3. The number of aromatic amines is 1. The molecule has 130 valence electrons. The number of hydrogen-bond acceptors (Lipinski definition) is 6. The maximum Gasteiger partial charge on any atom is 0.338 e. The van der Waals surface area contributed by atoms with Crippen LogP contribution in [0.4, 0.5) is 0 Å². The zero-order chi connectivity index (χ0) is 18.0. The number of rotatable bonds is 5. The molecule has 3 aromatic rings. The molecule has 2 aromatic heterocycles. The highest BCUT2D eigenvalue weighted by molar-refractivity contribution is 7.98. The largest absolute Gasteiger partial charge is 0.462 e. The quantitative estimate of drug-likeness (QED) is 0.414. The van der Waals surface area contributed by atoms with Gasteiger partial charge in [-0.05, 0) is 44.0 Å². The number of aryl methyl sites for hydroxylation is 2. The molecule has 0 spiro atoms. The average molecular weight is 374 g/mol. The molecule has 0 aliphatic rings. The molecule has 1 N–H and O–H groups in total. The number of aromatic nitrogens is 2. The van der Waals surface area contributed by atoms with Crippen LogP contribution in [-0.4, -0.2) is 22.5 Å². The van der Waals surface area contributed by atoms with E-state index >= 15 is 0 Å². The number of nitrogens with zero attached hydrogens (tertiary/aromatic N) is 1. The van der Waals surface area contributed by atoms with Crippen molar-refractivity contribution in [1.29, 1.82) is 0 Å². The van der Waals surface area contributed by atoms with E-state index in [2.05, 4.69) is 9.97 Å². The van der Waals surface area contributed by atoms with E-state index in [-0.39, 0.29) is 11.5 Å². The van der Waals surface area contributed by atoms with Crippen LogP contribution in [0, 0.1) is 13.8 Å². The van der Waals surface area contributed by atoms with Gasteiger partial charge < -0.3 is 9.72 Å². The lowest BCUT2D eigenvalue weighted by molar-refractivity contribution is 0.0526. The van der Waals surface area contributed by atoms with E-state index < -0.39 is 0 Å². The molecule has 0 radical (unpaired) electrons. The standard InChI is InChI=1S/C18H18N2O3S2/c1-4-23-17(22)13-7-5-6-12(8-13)9-24-18-19-15(21)14-10(2)11(3)25-16(14)20-18/h5-8H,4,9H2,1-3H3,(H,19,20,21). The molecular formula is C18H18N2O3S2. The van der Waals surface area contributed by atoms with E-state index in [4.69, 9.17) is 4.74 Å². The number of ether oxygens (including phenoxy) is 1. The number of carbonyl (C=O) groups is 1. The Morgan fingerprint density at radius 1 is 1.36 bits per heavy atom. The van der Waals surface area contributed by atoms with E-state index in [9.17, 15) is 9.59 Å². The van der Waals surface area contributed by atoms with Crippen LogP contribution >= 0.6 is 23.1 Å². The molecule has 0 aliphatic carbocycles. The summed E-state index contributed by atoms with van der Waals surface area (Å²) in [6, 6.07) is 7.30. The van der Waals surface area contributed by atoms with Crippen molar-refractivity contribution in [3.05, 3.63) is 56.2 Å². The van der Waals surface area contributed by atoms with Gasteiger partial charge in [-0.3, -0.25) is 4.79 Å². The molecule has 1 aromatic carbocycles. The fraction of sp³-hybridized carbons (Fsp3) is 0.278. The van der Waals surface area contributed by atoms with Crippen LogP contribution in [0.1, 0.15) is 33.3 Å². The summed E-state index contributed by atoms with van der Waals surface area (Å²) in [5.41, 5.74) is 2.39. The van der Waals surface area contributed by atoms with Crippen molar-refractivity contribution in [3.63, 3.8) is 0 Å². The van der Waals surface area contributed by atoms with Gasteiger partial charge in [0.15, 0.2) is 5.16 Å². The summed E-state index contributed by atoms with van der Waals surface area (Å²) in [4.78, 5) is 33.4. The van der Waals surface area contributed by atoms with Crippen LogP contribution < -0.4 is 5.56 Å². The van der Waals surface area contributed by atoms with E-state index in [1.807, 2.05) is 26.0 Å². The third-order valence-corrected chi connectivity index (χ3v) is 5.88. The van der Waals surface area contributed by atoms with Crippen molar-refractivity contribution in [2.24, 2.45) is 0 Å². The second-order valence-electron chi connectivity index (χ2n) is 5.54. The first-order valence-corrected chi connectivity index (χ1v) is 9.68. The van der Waals surface area contributed by atoms with Crippen LogP contribution in [0.25, 0.3) is 10.2 Å². The Morgan fingerprint density at radius 3 is 2.92 bits per heavy atom. The molecule has 0 fully saturated rings. The number of thiophene rings is 1. The minimum absolute atomic E-state index is 0.102. The summed E-state index contributed by atoms with van der Waals surface area (Å²) in [6.07, 6.45) is 0. The van der Waals surface area contributed by atoms with Crippen molar-refractivity contribution in [2.75, 3.05) is 6.61 Å². The van der Waals surface area contributed by atoms with Crippen LogP contribution in [0.2, 0.25) is 0 Å². The predicted octanol–water partition coefficient (Wildman–Crippen LogP) is 4.07. The van der Waals surface area contributed by atoms with Crippen molar-refractivity contribution >= 4 is 39.3 Å². The lowest BCUT2D eigenvalue weighted by atomic mass is 10.1. The third-order valence-electron chi connectivity index (χ3n) is 3.83. The zero-order valence-corrected chi connectivity index (χ0v) is 15.8. The molecule has 3 rings (SSSR count). The number of H-pyrrole nitrogens is 1. The number of fused-ring (bicyclic) bond motifs is 1. The van der Waals surface area contributed by atoms with Gasteiger partial charge in [-0.1, -0.05) is 23.9 Å². The van der Waals surface area contributed by atoms with Crippen molar-refractivity contribution < 1.29 is 9.53 Å². The fourth-order valence-electron chi connectivity index (χ4n) is 2.46. The zero-order valence-electron chi connectivity index (χ0n) is 14.2. The minimum Gasteiger partial charge on any atom is -0.462 e. The first kappa shape index (κ1) is 17.7. The molecule has 0 saturated heterocycles. The number of benzene rings is 1. The van der Waals surface area contributed by atoms with E-state index in [1.165, 1.54) is 23.1 Å². The Morgan fingerprint density at radius 2 is 2.16 bits per heavy atom. The topological polar surface area (TPSA) is 72.0 Å². The maximum atomic E-state index is 12.3. The minimum atomic E-state index is -0.327. The highest BCUT2D eigenvalue weighted by atomic mass is 32.2. The highest BCUT2D eigenvalue weighted by Crippen LogP contribution is 2.28. The number of hydrogen-bond donors (Lipinski definition) is 1. The molecule has 7 heteroatoms. The van der Waals surface area contributed by atoms with Gasteiger partial charge in [-0.2, -0.15) is 0 Å². The number of nitrogens with one attached hydrogen (secondary N) is 1. The SMILES string of the molecule is CCOC(=O)c1cccc(CSc2nc3sc(C)c(C)c3c(=O)[nH]2)c1. The van der Waals surface area contributed by atoms with Crippen LogP contribution in [0.5, 0.6) is 0 Å². The molecule has 0 unspecified atom stereocenters. The Balaban J connectivity index is 1.80. The number of esters is 1. The van der Waals surface area contributed by atoms with Gasteiger partial charge >= 0.3 is 5.97 Å². The molecule has 0 saturated carbocycles. The molecule has 0 bridgehead atoms. The molecule has 25 heavy (non-hydrogen) atoms. The van der Waals surface area contributed by atoms with Crippen LogP contribution in [0.3, 0.4) is 0 Å². The summed E-state index contributed by atoms with van der Waals surface area (Å²) in [5.74, 6) is 0.275. The third kappa shape index (κ3) is 3.77. The molecule has 2 heterocycles. The van der Waals surface area contributed by atoms with Crippen molar-refractivity contribution in [3.8, 4) is 0 Å². The normalized spacial score (nSPS) is 11.0. The van der Waals surface area contributed by atoms with Gasteiger partial charge in [0.2, 0.25) is 0 Å². The Kier molecular flexibility index (Phi) is 5.24. The van der Waals surface area contributed by atoms with Gasteiger partial charge in [0.1, 0.15) is 4.83 Å². The van der Waals surface area contributed by atoms with Crippen LogP contribution in [0.15, 0.2) is 34.2 Å². The average Bonchev–Trinajstić information content (AvgIpc) is 2.88. The van der Waals surface area contributed by atoms with E-state index in [1.54, 1.807) is 19.1 Å². The summed E-state index contributed by atoms with van der Waals surface area (Å²) >= 11 is 2.97. The predicted molar refractivity (Wildman–Crippen MR) is 102 cm³/mol. The van der Waals surface area contributed by atoms with E-state index in [0.29, 0.717) is 28.5 Å².